The number of carboxylic acids is 3. The molecule has 0 saturated heterocycles. The topological polar surface area (TPSA) is 326 Å². The monoisotopic (exact) mass is 1580 g/mol. The normalized spacial score (nSPS) is 14.5. The lowest BCUT2D eigenvalue weighted by molar-refractivity contribution is -0.147. The third kappa shape index (κ3) is 22.2. The van der Waals surface area contributed by atoms with Gasteiger partial charge in [-0.05, 0) is 158 Å². The average Bonchev–Trinajstić information content (AvgIpc) is 0.746. The number of carbonyl (C=O) groups excluding carboxylic acids is 5. The number of ether oxygens (including phenoxy) is 4. The van der Waals surface area contributed by atoms with Crippen LogP contribution in [0.15, 0.2) is 245 Å². The Bertz CT molecular complexity index is 6610. The zero-order valence-corrected chi connectivity index (χ0v) is 61.7. The zero-order valence-electron chi connectivity index (χ0n) is 80.4. The third-order valence-corrected chi connectivity index (χ3v) is 16.4. The molecule has 0 spiro atoms. The number of hydrogen-bond donors (Lipinski definition) is 4. The number of rotatable bonds is 26. The minimum absolute atomic E-state index is 0.0365. The number of Topliss-reactive ketones (excluding diaryl/α,β-unsaturated/α-hetero) is 4. The van der Waals surface area contributed by atoms with E-state index in [1.807, 2.05) is 0 Å². The van der Waals surface area contributed by atoms with E-state index in [9.17, 15) is 63.0 Å². The van der Waals surface area contributed by atoms with E-state index in [2.05, 4.69) is 0 Å². The summed E-state index contributed by atoms with van der Waals surface area (Å²) < 4.78 is 197. The van der Waals surface area contributed by atoms with E-state index in [0.29, 0.717) is 14.8 Å². The van der Waals surface area contributed by atoms with Gasteiger partial charge in [0, 0.05) is 106 Å². The van der Waals surface area contributed by atoms with Crippen molar-refractivity contribution in [2.45, 2.75) is 71.4 Å². The molecule has 11 aromatic rings. The summed E-state index contributed by atoms with van der Waals surface area (Å²) in [6.45, 7) is 5.21. The molecular weight excluding hydrogens is 1480 g/mol. The lowest BCUT2D eigenvalue weighted by Gasteiger charge is -2.21. The number of carboxylic acid groups (broad SMARTS) is 3. The molecule has 5 N–H and O–H groups in total. The molecule has 0 saturated carbocycles. The van der Waals surface area contributed by atoms with Crippen molar-refractivity contribution in [3.05, 3.63) is 327 Å². The van der Waals surface area contributed by atoms with Crippen molar-refractivity contribution in [1.29, 1.82) is 0 Å². The first-order chi connectivity index (χ1) is 61.5. The molecule has 570 valence electrons. The fourth-order valence-electron chi connectivity index (χ4n) is 10.5. The number of esters is 1. The maximum atomic E-state index is 14.0. The molecule has 25 heteroatoms. The summed E-state index contributed by atoms with van der Waals surface area (Å²) in [4.78, 5) is 138. The summed E-state index contributed by atoms with van der Waals surface area (Å²) in [6.07, 6.45) is -6.78. The maximum Gasteiger partial charge on any atom is 0.335 e. The predicted molar refractivity (Wildman–Crippen MR) is 425 cm³/mol. The Hall–Kier alpha value is -12.8. The first kappa shape index (κ1) is 58.3. The Kier molecular flexibility index (Phi) is 20.7. The molecular formula is C86H77Cl3N4O18. The largest absolute Gasteiger partial charge is 0.495 e. The van der Waals surface area contributed by atoms with Gasteiger partial charge in [-0.2, -0.15) is 0 Å². The van der Waals surface area contributed by atoms with Gasteiger partial charge in [0.15, 0.2) is 23.1 Å². The summed E-state index contributed by atoms with van der Waals surface area (Å²) in [6, 6.07) is 8.03. The summed E-state index contributed by atoms with van der Waals surface area (Å²) in [5, 5.41) is 28.4. The van der Waals surface area contributed by atoms with Crippen molar-refractivity contribution in [1.82, 2.24) is 13.7 Å². The molecule has 22 nitrogen and oxygen atoms in total. The van der Waals surface area contributed by atoms with Crippen LogP contribution in [0, 0.1) is 0 Å². The highest BCUT2D eigenvalue weighted by Crippen LogP contribution is 2.38. The van der Waals surface area contributed by atoms with E-state index in [1.165, 1.54) is 140 Å². The molecule has 3 atom stereocenters. The molecule has 0 radical (unpaired) electrons. The quantitative estimate of drug-likeness (QED) is 0.0222. The molecule has 3 unspecified atom stereocenters. The molecule has 0 fully saturated rings. The molecule has 0 aliphatic heterocycles. The number of hydrogen-bond acceptors (Lipinski definition) is 16. The third-order valence-electron chi connectivity index (χ3n) is 15.7. The van der Waals surface area contributed by atoms with Crippen LogP contribution in [-0.2, 0) is 44.7 Å². The van der Waals surface area contributed by atoms with E-state index in [4.69, 9.17) is 93.4 Å². The van der Waals surface area contributed by atoms with Crippen LogP contribution in [0.25, 0.3) is 33.4 Å². The highest BCUT2D eigenvalue weighted by Gasteiger charge is 2.29. The number of nitrogen functional groups attached to an aromatic ring is 1. The van der Waals surface area contributed by atoms with Gasteiger partial charge < -0.3 is 44.6 Å². The Labute approximate surface area is 682 Å². The van der Waals surface area contributed by atoms with E-state index in [0.717, 1.165) is 41.4 Å². The Morgan fingerprint density at radius 1 is 0.432 bits per heavy atom. The molecule has 3 aromatic heterocycles. The summed E-state index contributed by atoms with van der Waals surface area (Å²) in [7, 11) is 3.72. The number of benzene rings is 8. The van der Waals surface area contributed by atoms with Gasteiger partial charge in [-0.3, -0.25) is 42.7 Å². The number of nitrogens with two attached hydrogens (primary N) is 1. The number of carbonyl (C=O) groups is 8. The summed E-state index contributed by atoms with van der Waals surface area (Å²) in [5.41, 5.74) is 2.56. The highest BCUT2D eigenvalue weighted by molar-refractivity contribution is 6.32. The van der Waals surface area contributed by atoms with Crippen molar-refractivity contribution < 1.29 is 101 Å². The van der Waals surface area contributed by atoms with Gasteiger partial charge in [-0.15, -0.1) is 0 Å². The molecule has 8 aromatic carbocycles. The summed E-state index contributed by atoms with van der Waals surface area (Å²) >= 11 is 18.4. The van der Waals surface area contributed by atoms with Gasteiger partial charge >= 0.3 is 23.9 Å². The minimum Gasteiger partial charge on any atom is -0.495 e. The van der Waals surface area contributed by atoms with Crippen LogP contribution in [0.2, 0.25) is 15.1 Å². The first-order valence-electron chi connectivity index (χ1n) is 42.9. The number of halogens is 3. The van der Waals surface area contributed by atoms with Gasteiger partial charge in [0.2, 0.25) is 0 Å². The number of ketones is 4. The van der Waals surface area contributed by atoms with Gasteiger partial charge in [0.1, 0.15) is 29.3 Å². The van der Waals surface area contributed by atoms with Crippen LogP contribution in [0.4, 0.5) is 5.69 Å². The molecule has 3 heterocycles. The molecule has 111 heavy (non-hydrogen) atoms. The molecule has 0 aliphatic carbocycles. The van der Waals surface area contributed by atoms with Crippen molar-refractivity contribution in [2.24, 2.45) is 0 Å². The van der Waals surface area contributed by atoms with E-state index >= 15 is 0 Å². The number of aromatic carboxylic acids is 2. The zero-order chi connectivity index (χ0) is 99.2. The van der Waals surface area contributed by atoms with Crippen molar-refractivity contribution in [3.8, 4) is 50.6 Å². The van der Waals surface area contributed by atoms with Crippen LogP contribution >= 0.6 is 34.8 Å². The fourth-order valence-corrected chi connectivity index (χ4v) is 11.0. The van der Waals surface area contributed by atoms with Crippen LogP contribution in [0.5, 0.6) is 17.2 Å². The molecule has 0 aliphatic rings. The maximum absolute atomic E-state index is 14.0. The van der Waals surface area contributed by atoms with E-state index in [-0.39, 0.29) is 123 Å². The SMILES string of the molecule is Nc1ccc(C(=O)O)cc1.[2H]c1c([2H])c([2H])c(C([2H])([2H])C(C(=O)Cc2ccc(C(=O)O)cc2)n2cc(OC)c(-c3cc(Cl)ccc3C(C)=O)cc2=O)c([2H])c1[2H].[2H]c1c([2H])c([2H])c(C([2H])([2H])C(C(=O)O)n2cc(OC)c(-c3cc(Cl)ccc3C(C)=O)cc2=O)c([2H])c1[2H].[2H]c1c([2H])c([2H])c(C([2H])([2H])C(C(=O)OCC)n2cc(OC)c(-c3cc(Cl)ccc3C(C)=O)cc2=O)c([2H])c1[2H]. The second-order valence-corrected chi connectivity index (χ2v) is 24.4. The smallest absolute Gasteiger partial charge is 0.335 e. The van der Waals surface area contributed by atoms with Gasteiger partial charge in [-0.1, -0.05) is 138 Å². The summed E-state index contributed by atoms with van der Waals surface area (Å²) in [5.74, 6) is -7.38. The second-order valence-electron chi connectivity index (χ2n) is 23.0. The van der Waals surface area contributed by atoms with Crippen LogP contribution in [0.1, 0.15) is 149 Å². The van der Waals surface area contributed by atoms with Crippen LogP contribution in [0.3, 0.4) is 0 Å². The van der Waals surface area contributed by atoms with Crippen LogP contribution in [-0.4, -0.2) is 104 Å². The minimum atomic E-state index is -3.16. The van der Waals surface area contributed by atoms with Crippen LogP contribution < -0.4 is 36.6 Å². The Balaban J connectivity index is 0.000000232. The van der Waals surface area contributed by atoms with Crippen molar-refractivity contribution in [3.63, 3.8) is 0 Å². The fraction of sp³-hybridized carbons (Fsp3) is 0.174. The van der Waals surface area contributed by atoms with E-state index in [1.54, 1.807) is 12.1 Å². The number of aromatic nitrogens is 3. The molecule has 0 bridgehead atoms. The van der Waals surface area contributed by atoms with Gasteiger partial charge in [-0.25, -0.2) is 19.2 Å². The predicted octanol–water partition coefficient (Wildman–Crippen LogP) is 15.6. The number of pyridine rings is 3. The Morgan fingerprint density at radius 2 is 0.748 bits per heavy atom. The van der Waals surface area contributed by atoms with Crippen molar-refractivity contribution >= 4 is 87.5 Å². The number of aliphatic carboxylic acids is 1. The number of anilines is 1. The number of methoxy groups -OCH3 is 3. The van der Waals surface area contributed by atoms with Gasteiger partial charge in [0.05, 0.1) is 84.3 Å². The van der Waals surface area contributed by atoms with E-state index < -0.39 is 197 Å². The highest BCUT2D eigenvalue weighted by atomic mass is 35.5. The lowest BCUT2D eigenvalue weighted by atomic mass is 9.95. The number of nitrogens with zero attached hydrogens (tertiary/aromatic N) is 3. The first-order valence-corrected chi connectivity index (χ1v) is 33.6. The van der Waals surface area contributed by atoms with Crippen molar-refractivity contribution in [2.75, 3.05) is 33.7 Å². The second kappa shape index (κ2) is 39.4. The Morgan fingerprint density at radius 3 is 1.06 bits per heavy atom. The molecule has 0 amide bonds. The average molecular weight is 1580 g/mol. The molecule has 11 rings (SSSR count). The van der Waals surface area contributed by atoms with Gasteiger partial charge in [0.25, 0.3) is 16.7 Å². The lowest BCUT2D eigenvalue weighted by Crippen LogP contribution is -2.32. The standard InChI is InChI=1S/C31H26ClNO6.C25H24ClNO5.C23H20ClNO5.C7H7NO2/c1-19(34)24-13-12-23(32)16-25(24)26-17-30(36)33(18-29(26)39-2)27(14-20-6-4-3-5-7-20)28(35)15-21-8-10-22(11-9-21)31(37)38;1-4-32-25(30)22(12-17-8-6-5-7-9-17)27-15-23(31-3)21(14-24(27)29)20-13-18(26)10-11-19(20)16(2)28;1-14(26)17-9-8-16(24)11-18(17)19-12-22(27)25(13-21(19)30-2)20(23(28)29)10-15-6-4-3-5-7-15;8-6-3-1-5(2-4-6)7(9)10/h3-13,16-18,27H,14-15H2,1-2H3,(H,37,38);5-11,13-15,22H,4,12H2,1-3H3;3-9,11-13,20H,10H2,1-2H3,(H,28,29);1-4H,8H2,(H,9,10)/i3D,4D,5D,6D,7D,14D2;5D,6D,7D,8D,9D,12D2;3D,4D,5D,6D,7D,10D2;.